The fraction of sp³-hybridized carbons (Fsp3) is 1.00. The molecule has 0 bridgehead atoms. The van der Waals surface area contributed by atoms with Gasteiger partial charge in [0.15, 0.2) is 0 Å². The van der Waals surface area contributed by atoms with E-state index in [4.69, 9.17) is 4.55 Å². The van der Waals surface area contributed by atoms with E-state index in [0.717, 1.165) is 0 Å². The van der Waals surface area contributed by atoms with Gasteiger partial charge in [-0.05, 0) is 17.0 Å². The van der Waals surface area contributed by atoms with E-state index in [1.807, 2.05) is 0 Å². The maximum Gasteiger partial charge on any atom is 1.00 e. The molecule has 0 aromatic carbocycles. The molecule has 7 heavy (non-hydrogen) atoms. The summed E-state index contributed by atoms with van der Waals surface area (Å²) < 4.78 is 26.8. The van der Waals surface area contributed by atoms with Gasteiger partial charge >= 0.3 is 38.7 Å². The zero-order valence-electron chi connectivity index (χ0n) is 5.08. The minimum atomic E-state index is -3.75. The quantitative estimate of drug-likeness (QED) is 0.252. The van der Waals surface area contributed by atoms with Crippen molar-refractivity contribution in [3.8, 4) is 0 Å². The Morgan fingerprint density at radius 3 is 1.86 bits per heavy atom. The van der Waals surface area contributed by atoms with Gasteiger partial charge in [-0.1, -0.05) is 0 Å². The van der Waals surface area contributed by atoms with Gasteiger partial charge in [0.25, 0.3) is 0 Å². The van der Waals surface area contributed by atoms with E-state index in [2.05, 4.69) is 0 Å². The van der Waals surface area contributed by atoms with Crippen LogP contribution in [-0.2, 0) is 9.15 Å². The Bertz CT molecular complexity index is 119. The Kier molecular flexibility index (Phi) is 6.62. The largest absolute Gasteiger partial charge is 1.00 e. The summed E-state index contributed by atoms with van der Waals surface area (Å²) >= 11 is 0. The summed E-state index contributed by atoms with van der Waals surface area (Å²) in [5.41, 5.74) is 0. The molecule has 0 saturated carbocycles. The smallest absolute Gasteiger partial charge is 1.00 e. The summed E-state index contributed by atoms with van der Waals surface area (Å²) in [5, 5.41) is 0. The minimum Gasteiger partial charge on any atom is -1.00 e. The predicted octanol–water partition coefficient (Wildman–Crippen LogP) is -2.73. The molecule has 0 aromatic heterocycles. The molecule has 1 N–H and O–H groups in total. The molecule has 0 amide bonds. The van der Waals surface area contributed by atoms with E-state index < -0.39 is 9.15 Å². The fourth-order valence-corrected chi connectivity index (χ4v) is 0. The van der Waals surface area contributed by atoms with Crippen LogP contribution in [0.1, 0.15) is 1.43 Å². The molecule has 40 valence electrons. The minimum absolute atomic E-state index is 0. The zero-order valence-corrected chi connectivity index (χ0v) is 7.71. The van der Waals surface area contributed by atoms with Crippen LogP contribution in [0, 0.1) is 0 Å². The van der Waals surface area contributed by atoms with Crippen molar-refractivity contribution >= 4 is 19.9 Å². The van der Waals surface area contributed by atoms with E-state index in [9.17, 15) is 8.42 Å². The molecule has 0 radical (unpaired) electrons. The average Bonchev–Trinajstić information content (AvgIpc) is 1.35. The van der Waals surface area contributed by atoms with Crippen molar-refractivity contribution in [2.45, 2.75) is 0 Å². The molecular formula is CH5NaO3S2. The molecule has 0 atom stereocenters. The molecule has 0 unspecified atom stereocenters. The van der Waals surface area contributed by atoms with Crippen molar-refractivity contribution in [1.82, 2.24) is 0 Å². The van der Waals surface area contributed by atoms with E-state index >= 15 is 0 Å². The topological polar surface area (TPSA) is 54.4 Å². The van der Waals surface area contributed by atoms with Crippen LogP contribution >= 0.6 is 10.8 Å². The van der Waals surface area contributed by atoms with Crippen LogP contribution < -0.4 is 29.6 Å². The first-order chi connectivity index (χ1) is 2.56. The molecule has 0 fully saturated rings. The first-order valence-electron chi connectivity index (χ1n) is 1.09. The standard InChI is InChI=1S/CH4O3S2.Na.H/c1-5-6(2,3)4;;/h1H3,(H,2,3,4);;/q;+1;-1. The van der Waals surface area contributed by atoms with Crippen LogP contribution in [-0.4, -0.2) is 19.2 Å². The summed E-state index contributed by atoms with van der Waals surface area (Å²) in [4.78, 5) is 0. The second kappa shape index (κ2) is 4.17. The van der Waals surface area contributed by atoms with Crippen molar-refractivity contribution in [1.29, 1.82) is 0 Å². The third-order valence-corrected chi connectivity index (χ3v) is 1.90. The maximum atomic E-state index is 9.52. The van der Waals surface area contributed by atoms with Crippen LogP contribution in [0.15, 0.2) is 0 Å². The molecule has 6 heteroatoms. The second-order valence-electron chi connectivity index (χ2n) is 0.594. The third-order valence-electron chi connectivity index (χ3n) is 0.211. The summed E-state index contributed by atoms with van der Waals surface area (Å²) in [6, 6.07) is 0. The summed E-state index contributed by atoms with van der Waals surface area (Å²) in [5.74, 6) is 0. The van der Waals surface area contributed by atoms with Gasteiger partial charge in [0, 0.05) is 0 Å². The molecule has 0 aromatic rings. The van der Waals surface area contributed by atoms with Crippen LogP contribution in [0.2, 0.25) is 0 Å². The maximum absolute atomic E-state index is 9.52. The van der Waals surface area contributed by atoms with Crippen LogP contribution in [0.4, 0.5) is 0 Å². The van der Waals surface area contributed by atoms with E-state index in [0.29, 0.717) is 10.8 Å². The molecule has 0 saturated heterocycles. The first-order valence-corrected chi connectivity index (χ1v) is 4.27. The van der Waals surface area contributed by atoms with Crippen molar-refractivity contribution < 1.29 is 44.0 Å². The summed E-state index contributed by atoms with van der Waals surface area (Å²) in [7, 11) is -3.34. The summed E-state index contributed by atoms with van der Waals surface area (Å²) in [6.45, 7) is 0. The zero-order chi connectivity index (χ0) is 5.21. The van der Waals surface area contributed by atoms with E-state index in [-0.39, 0.29) is 31.0 Å². The Labute approximate surface area is 69.8 Å². The number of rotatable bonds is 1. The van der Waals surface area contributed by atoms with Crippen molar-refractivity contribution in [3.63, 3.8) is 0 Å². The Morgan fingerprint density at radius 2 is 1.86 bits per heavy atom. The van der Waals surface area contributed by atoms with E-state index in [1.54, 1.807) is 0 Å². The van der Waals surface area contributed by atoms with Crippen molar-refractivity contribution in [2.75, 3.05) is 6.26 Å². The molecule has 3 nitrogen and oxygen atoms in total. The normalized spacial score (nSPS) is 10.0. The van der Waals surface area contributed by atoms with Crippen LogP contribution in [0.5, 0.6) is 0 Å². The summed E-state index contributed by atoms with van der Waals surface area (Å²) in [6.07, 6.45) is 1.29. The van der Waals surface area contributed by atoms with Gasteiger partial charge in [0.1, 0.15) is 0 Å². The molecular weight excluding hydrogens is 147 g/mol. The number of hydrogen-bond donors (Lipinski definition) is 1. The Hall–Kier alpha value is 1.26. The SMILES string of the molecule is CSS(=O)(=O)O.[H-].[Na+]. The fourth-order valence-electron chi connectivity index (χ4n) is 0. The monoisotopic (exact) mass is 152 g/mol. The number of hydrogen-bond acceptors (Lipinski definition) is 3. The van der Waals surface area contributed by atoms with Gasteiger partial charge < -0.3 is 1.43 Å². The van der Waals surface area contributed by atoms with Gasteiger partial charge in [-0.15, -0.1) is 0 Å². The third kappa shape index (κ3) is 11.1. The molecule has 0 rings (SSSR count). The van der Waals surface area contributed by atoms with Crippen molar-refractivity contribution in [2.24, 2.45) is 0 Å². The average molecular weight is 152 g/mol. The Morgan fingerprint density at radius 1 is 1.71 bits per heavy atom. The predicted molar refractivity (Wildman–Crippen MR) is 26.2 cm³/mol. The van der Waals surface area contributed by atoms with Gasteiger partial charge in [0.2, 0.25) is 0 Å². The Balaban J connectivity index is -0.000000125. The molecule has 0 aliphatic rings. The van der Waals surface area contributed by atoms with Crippen molar-refractivity contribution in [3.05, 3.63) is 0 Å². The van der Waals surface area contributed by atoms with Gasteiger partial charge in [-0.2, -0.15) is 8.42 Å². The van der Waals surface area contributed by atoms with Gasteiger partial charge in [0.05, 0.1) is 0 Å². The second-order valence-corrected chi connectivity index (χ2v) is 4.05. The van der Waals surface area contributed by atoms with Gasteiger partial charge in [-0.25, -0.2) is 0 Å². The molecule has 0 aliphatic carbocycles. The van der Waals surface area contributed by atoms with E-state index in [1.165, 1.54) is 6.26 Å². The molecule has 0 heterocycles. The van der Waals surface area contributed by atoms with Crippen LogP contribution in [0.25, 0.3) is 0 Å². The molecule has 0 spiro atoms. The first kappa shape index (κ1) is 11.1. The van der Waals surface area contributed by atoms with Gasteiger partial charge in [-0.3, -0.25) is 4.55 Å². The molecule has 0 aliphatic heterocycles. The van der Waals surface area contributed by atoms with Crippen LogP contribution in [0.3, 0.4) is 0 Å².